The normalized spacial score (nSPS) is 12.2. The molecule has 0 aliphatic rings. The number of hydrogen-bond acceptors (Lipinski definition) is 6. The van der Waals surface area contributed by atoms with E-state index in [9.17, 15) is 9.59 Å². The van der Waals surface area contributed by atoms with Crippen molar-refractivity contribution in [3.63, 3.8) is 0 Å². The summed E-state index contributed by atoms with van der Waals surface area (Å²) in [6.07, 6.45) is 2.70. The highest BCUT2D eigenvalue weighted by molar-refractivity contribution is 14.1. The Morgan fingerprint density at radius 1 is 1.19 bits per heavy atom. The van der Waals surface area contributed by atoms with Gasteiger partial charge in [-0.05, 0) is 46.2 Å². The topological polar surface area (TPSA) is 127 Å². The van der Waals surface area contributed by atoms with Crippen LogP contribution in [-0.2, 0) is 16.2 Å². The van der Waals surface area contributed by atoms with Crippen molar-refractivity contribution in [2.24, 2.45) is 7.05 Å². The van der Waals surface area contributed by atoms with Gasteiger partial charge in [0, 0.05) is 29.6 Å². The first-order valence-electron chi connectivity index (χ1n) is 11.5. The Labute approximate surface area is 222 Å². The van der Waals surface area contributed by atoms with Gasteiger partial charge in [-0.3, -0.25) is 9.48 Å². The maximum absolute atomic E-state index is 13.2. The van der Waals surface area contributed by atoms with Crippen molar-refractivity contribution in [3.05, 3.63) is 41.7 Å². The van der Waals surface area contributed by atoms with Crippen LogP contribution < -0.4 is 10.6 Å². The standard InChI is InChI=1S/C25H30IN7O3/c1-24(2,3)36-23(35)29-13-25(4,5)31-22(34)16-11-27-21-20(16)30-17(12-28-21)19-15-8-7-14(10-26)9-18(15)33(6)32-19/h7-9,11-12H,10,13H2,1-6H3,(H,27,28)(H,29,35)(H,31,34). The fourth-order valence-corrected chi connectivity index (χ4v) is 4.25. The van der Waals surface area contributed by atoms with Gasteiger partial charge in [0.05, 0.1) is 22.8 Å². The first kappa shape index (κ1) is 25.9. The van der Waals surface area contributed by atoms with Gasteiger partial charge in [-0.1, -0.05) is 34.7 Å². The summed E-state index contributed by atoms with van der Waals surface area (Å²) in [5.41, 5.74) is 3.47. The molecule has 3 N–H and O–H groups in total. The third kappa shape index (κ3) is 5.61. The Hall–Kier alpha value is -3.22. The molecule has 0 unspecified atom stereocenters. The molecule has 36 heavy (non-hydrogen) atoms. The van der Waals surface area contributed by atoms with E-state index in [4.69, 9.17) is 9.72 Å². The Bertz CT molecular complexity index is 1450. The summed E-state index contributed by atoms with van der Waals surface area (Å²) in [5.74, 6) is -0.332. The number of carbonyl (C=O) groups is 2. The number of carbonyl (C=O) groups excluding carboxylic acids is 2. The summed E-state index contributed by atoms with van der Waals surface area (Å²) >= 11 is 2.34. The zero-order valence-corrected chi connectivity index (χ0v) is 23.4. The molecule has 0 bridgehead atoms. The lowest BCUT2D eigenvalue weighted by molar-refractivity contribution is 0.0509. The quantitative estimate of drug-likeness (QED) is 0.221. The Morgan fingerprint density at radius 2 is 1.94 bits per heavy atom. The number of halogens is 1. The van der Waals surface area contributed by atoms with Crippen LogP contribution in [0.3, 0.4) is 0 Å². The molecular formula is C25H30IN7O3. The molecule has 10 nitrogen and oxygen atoms in total. The summed E-state index contributed by atoms with van der Waals surface area (Å²) in [6.45, 7) is 9.20. The van der Waals surface area contributed by atoms with E-state index in [-0.39, 0.29) is 12.5 Å². The molecule has 1 aromatic carbocycles. The van der Waals surface area contributed by atoms with Gasteiger partial charge in [0.25, 0.3) is 5.91 Å². The smallest absolute Gasteiger partial charge is 0.407 e. The molecular weight excluding hydrogens is 573 g/mol. The first-order valence-corrected chi connectivity index (χ1v) is 13.0. The van der Waals surface area contributed by atoms with Crippen LogP contribution in [0.15, 0.2) is 30.6 Å². The predicted octanol–water partition coefficient (Wildman–Crippen LogP) is 4.48. The minimum atomic E-state index is -0.740. The van der Waals surface area contributed by atoms with Gasteiger partial charge >= 0.3 is 6.09 Å². The van der Waals surface area contributed by atoms with E-state index >= 15 is 0 Å². The number of fused-ring (bicyclic) bond motifs is 2. The van der Waals surface area contributed by atoms with Crippen molar-refractivity contribution < 1.29 is 14.3 Å². The Balaban J connectivity index is 1.58. The van der Waals surface area contributed by atoms with Crippen LogP contribution in [0, 0.1) is 0 Å². The second-order valence-electron chi connectivity index (χ2n) is 10.3. The maximum atomic E-state index is 13.2. The van der Waals surface area contributed by atoms with Crippen molar-refractivity contribution >= 4 is 56.7 Å². The van der Waals surface area contributed by atoms with E-state index in [0.717, 1.165) is 15.3 Å². The number of alkyl carbamates (subject to hydrolysis) is 1. The molecule has 0 atom stereocenters. The average molecular weight is 603 g/mol. The van der Waals surface area contributed by atoms with Gasteiger partial charge in [0.2, 0.25) is 0 Å². The van der Waals surface area contributed by atoms with Crippen molar-refractivity contribution in [1.82, 2.24) is 35.4 Å². The molecule has 0 saturated heterocycles. The van der Waals surface area contributed by atoms with E-state index in [1.807, 2.05) is 31.6 Å². The molecule has 3 aromatic heterocycles. The molecule has 4 rings (SSSR count). The highest BCUT2D eigenvalue weighted by Crippen LogP contribution is 2.29. The maximum Gasteiger partial charge on any atom is 0.407 e. The van der Waals surface area contributed by atoms with Gasteiger partial charge in [0.1, 0.15) is 22.5 Å². The van der Waals surface area contributed by atoms with Crippen LogP contribution in [0.4, 0.5) is 4.79 Å². The van der Waals surface area contributed by atoms with Crippen LogP contribution in [0.1, 0.15) is 50.5 Å². The van der Waals surface area contributed by atoms with Gasteiger partial charge in [-0.15, -0.1) is 0 Å². The van der Waals surface area contributed by atoms with Gasteiger partial charge in [-0.25, -0.2) is 14.8 Å². The Morgan fingerprint density at radius 3 is 2.64 bits per heavy atom. The van der Waals surface area contributed by atoms with Gasteiger partial charge in [0.15, 0.2) is 5.65 Å². The van der Waals surface area contributed by atoms with Crippen molar-refractivity contribution in [2.75, 3.05) is 6.54 Å². The number of amides is 2. The molecule has 3 heterocycles. The van der Waals surface area contributed by atoms with Gasteiger partial charge < -0.3 is 20.4 Å². The lowest BCUT2D eigenvalue weighted by atomic mass is 10.1. The molecule has 11 heteroatoms. The number of aromatic amines is 1. The lowest BCUT2D eigenvalue weighted by Crippen LogP contribution is -2.52. The largest absolute Gasteiger partial charge is 0.444 e. The third-order valence-electron chi connectivity index (χ3n) is 5.46. The number of aryl methyl sites for hydroxylation is 1. The number of rotatable bonds is 6. The van der Waals surface area contributed by atoms with E-state index in [1.165, 1.54) is 5.56 Å². The fraction of sp³-hybridized carbons (Fsp3) is 0.400. The number of aromatic nitrogens is 5. The number of ether oxygens (including phenoxy) is 1. The summed E-state index contributed by atoms with van der Waals surface area (Å²) in [6, 6.07) is 6.24. The molecule has 2 amide bonds. The van der Waals surface area contributed by atoms with E-state index < -0.39 is 17.2 Å². The highest BCUT2D eigenvalue weighted by Gasteiger charge is 2.26. The minimum absolute atomic E-state index is 0.187. The highest BCUT2D eigenvalue weighted by atomic mass is 127. The molecule has 4 aromatic rings. The summed E-state index contributed by atoms with van der Waals surface area (Å²) in [5, 5.41) is 11.3. The molecule has 0 radical (unpaired) electrons. The van der Waals surface area contributed by atoms with Crippen LogP contribution in [0.2, 0.25) is 0 Å². The fourth-order valence-electron chi connectivity index (χ4n) is 3.78. The van der Waals surface area contributed by atoms with Crippen LogP contribution in [-0.4, -0.2) is 54.4 Å². The zero-order chi connectivity index (χ0) is 26.3. The van der Waals surface area contributed by atoms with E-state index in [0.29, 0.717) is 28.1 Å². The van der Waals surface area contributed by atoms with Crippen molar-refractivity contribution in [2.45, 2.75) is 50.2 Å². The minimum Gasteiger partial charge on any atom is -0.444 e. The van der Waals surface area contributed by atoms with Crippen molar-refractivity contribution in [3.8, 4) is 11.4 Å². The lowest BCUT2D eigenvalue weighted by Gasteiger charge is -2.27. The number of nitrogens with one attached hydrogen (secondary N) is 3. The average Bonchev–Trinajstić information content (AvgIpc) is 3.37. The molecule has 0 aliphatic carbocycles. The SMILES string of the molecule is Cn1nc(-c2cnc3[nH]cc(C(=O)NC(C)(C)CNC(=O)OC(C)(C)C)c3n2)c2ccc(CI)cc21. The zero-order valence-electron chi connectivity index (χ0n) is 21.2. The third-order valence-corrected chi connectivity index (χ3v) is 6.34. The number of H-pyrrole nitrogens is 1. The summed E-state index contributed by atoms with van der Waals surface area (Å²) in [4.78, 5) is 37.5. The molecule has 0 spiro atoms. The molecule has 190 valence electrons. The number of alkyl halides is 1. The first-order chi connectivity index (χ1) is 16.9. The van der Waals surface area contributed by atoms with Gasteiger partial charge in [-0.2, -0.15) is 5.10 Å². The predicted molar refractivity (Wildman–Crippen MR) is 147 cm³/mol. The Kier molecular flexibility index (Phi) is 6.95. The van der Waals surface area contributed by atoms with E-state index in [2.05, 4.69) is 60.4 Å². The molecule has 0 fully saturated rings. The molecule has 0 aliphatic heterocycles. The van der Waals surface area contributed by atoms with Crippen molar-refractivity contribution in [1.29, 1.82) is 0 Å². The number of hydrogen-bond donors (Lipinski definition) is 3. The molecule has 0 saturated carbocycles. The second-order valence-corrected chi connectivity index (χ2v) is 11.1. The summed E-state index contributed by atoms with van der Waals surface area (Å²) < 4.78 is 8.01. The van der Waals surface area contributed by atoms with Crippen LogP contribution in [0.5, 0.6) is 0 Å². The summed E-state index contributed by atoms with van der Waals surface area (Å²) in [7, 11) is 1.90. The second kappa shape index (κ2) is 9.68. The number of benzene rings is 1. The monoisotopic (exact) mass is 603 g/mol. The van der Waals surface area contributed by atoms with Crippen LogP contribution >= 0.6 is 22.6 Å². The number of nitrogens with zero attached hydrogens (tertiary/aromatic N) is 4. The van der Waals surface area contributed by atoms with E-state index in [1.54, 1.807) is 33.2 Å². The van der Waals surface area contributed by atoms with Crippen LogP contribution in [0.25, 0.3) is 33.5 Å².